The van der Waals surface area contributed by atoms with Crippen molar-refractivity contribution in [3.8, 4) is 16.2 Å². The van der Waals surface area contributed by atoms with E-state index in [0.29, 0.717) is 51.9 Å². The van der Waals surface area contributed by atoms with Gasteiger partial charge in [0.15, 0.2) is 0 Å². The molecule has 0 bridgehead atoms. The number of thiazole rings is 1. The molecule has 2 aromatic carbocycles. The minimum absolute atomic E-state index is 0.215. The molecule has 0 unspecified atom stereocenters. The second kappa shape index (κ2) is 18.8. The fourth-order valence-corrected chi connectivity index (χ4v) is 6.83. The largest absolute Gasteiger partial charge is 0.497 e. The monoisotopic (exact) mass is 720 g/mol. The lowest BCUT2D eigenvalue weighted by molar-refractivity contribution is -0.144. The Morgan fingerprint density at radius 1 is 0.980 bits per heavy atom. The molecule has 0 saturated carbocycles. The lowest BCUT2D eigenvalue weighted by Crippen LogP contribution is -2.57. The Hall–Kier alpha value is -4.29. The van der Waals surface area contributed by atoms with Crippen LogP contribution in [0.1, 0.15) is 83.0 Å². The number of unbranched alkanes of at least 4 members (excludes halogenated alkanes) is 2. The predicted molar refractivity (Wildman–Crippen MR) is 197 cm³/mol. The molecule has 12 heteroatoms. The number of esters is 1. The summed E-state index contributed by atoms with van der Waals surface area (Å²) in [6, 6.07) is 13.9. The first-order valence-corrected chi connectivity index (χ1v) is 18.5. The number of carbonyl (C=O) groups is 4. The van der Waals surface area contributed by atoms with Crippen molar-refractivity contribution < 1.29 is 33.4 Å². The Morgan fingerprint density at radius 2 is 1.67 bits per heavy atom. The Bertz CT molecular complexity index is 1600. The lowest BCUT2D eigenvalue weighted by atomic mass is 9.85. The number of ether oxygens (including phenoxy) is 3. The summed E-state index contributed by atoms with van der Waals surface area (Å²) < 4.78 is 16.5. The summed E-state index contributed by atoms with van der Waals surface area (Å²) >= 11 is 1.59. The van der Waals surface area contributed by atoms with Gasteiger partial charge in [-0.1, -0.05) is 63.6 Å². The van der Waals surface area contributed by atoms with Crippen molar-refractivity contribution in [2.75, 3.05) is 20.3 Å². The van der Waals surface area contributed by atoms with Gasteiger partial charge < -0.3 is 29.7 Å². The van der Waals surface area contributed by atoms with E-state index in [1.54, 1.807) is 30.3 Å². The number of aromatic nitrogens is 1. The van der Waals surface area contributed by atoms with Crippen LogP contribution in [0.5, 0.6) is 5.75 Å². The molecule has 3 atom stereocenters. The third-order valence-corrected chi connectivity index (χ3v) is 9.91. The Balaban J connectivity index is 1.43. The normalized spacial score (nSPS) is 16.4. The minimum Gasteiger partial charge on any atom is -0.497 e. The highest BCUT2D eigenvalue weighted by atomic mass is 32.1. The molecule has 276 valence electrons. The molecule has 1 aliphatic heterocycles. The molecule has 2 heterocycles. The van der Waals surface area contributed by atoms with Crippen molar-refractivity contribution >= 4 is 35.0 Å². The minimum atomic E-state index is -0.858. The van der Waals surface area contributed by atoms with Crippen molar-refractivity contribution in [3.05, 3.63) is 70.9 Å². The quantitative estimate of drug-likeness (QED) is 0.129. The van der Waals surface area contributed by atoms with Gasteiger partial charge in [-0.2, -0.15) is 0 Å². The molecule has 51 heavy (non-hydrogen) atoms. The molecule has 3 amide bonds. The second-order valence-corrected chi connectivity index (χ2v) is 14.8. The number of aryl methyl sites for hydroxylation is 1. The van der Waals surface area contributed by atoms with Gasteiger partial charge in [-0.3, -0.25) is 19.2 Å². The molecule has 1 aromatic heterocycles. The number of hydrogen-bond acceptors (Lipinski definition) is 9. The van der Waals surface area contributed by atoms with Crippen LogP contribution in [0, 0.1) is 12.3 Å². The molecule has 2 N–H and O–H groups in total. The summed E-state index contributed by atoms with van der Waals surface area (Å²) in [6.07, 6.45) is 2.38. The van der Waals surface area contributed by atoms with Crippen molar-refractivity contribution in [2.45, 2.75) is 104 Å². The number of nitrogens with one attached hydrogen (secondary N) is 2. The molecule has 0 radical (unpaired) electrons. The standard InChI is InChI=1S/C39H52N4O7S/c1-7-49-34(45)12-10-8-9-11-33(44)42-36(39(3,4)5)38(47)43-23-31(50-24-28-15-19-30(48-6)20-16-28)21-32(43)37(46)40-22-27-13-17-29(18-14-27)35-26(2)41-25-51-35/h13-20,25,31-32,36H,7-12,21-24H2,1-6H3,(H,40,46)(H,42,44)/t31-,32+,36-/m1/s1. The van der Waals surface area contributed by atoms with Gasteiger partial charge in [0.2, 0.25) is 17.7 Å². The highest BCUT2D eigenvalue weighted by molar-refractivity contribution is 7.13. The summed E-state index contributed by atoms with van der Waals surface area (Å²) in [5, 5.41) is 6.01. The maximum atomic E-state index is 14.3. The van der Waals surface area contributed by atoms with E-state index in [2.05, 4.69) is 15.6 Å². The Kier molecular flexibility index (Phi) is 14.6. The van der Waals surface area contributed by atoms with Crippen LogP contribution < -0.4 is 15.4 Å². The second-order valence-electron chi connectivity index (χ2n) is 13.9. The zero-order chi connectivity index (χ0) is 37.0. The predicted octanol–water partition coefficient (Wildman–Crippen LogP) is 5.97. The van der Waals surface area contributed by atoms with Gasteiger partial charge in [0.05, 0.1) is 42.5 Å². The Morgan fingerprint density at radius 3 is 2.29 bits per heavy atom. The van der Waals surface area contributed by atoms with E-state index in [-0.39, 0.29) is 42.8 Å². The van der Waals surface area contributed by atoms with Crippen LogP contribution in [0.4, 0.5) is 0 Å². The zero-order valence-electron chi connectivity index (χ0n) is 30.7. The highest BCUT2D eigenvalue weighted by Crippen LogP contribution is 2.29. The number of amides is 3. The molecule has 0 aliphatic carbocycles. The number of benzene rings is 2. The van der Waals surface area contributed by atoms with Gasteiger partial charge in [-0.25, -0.2) is 4.98 Å². The van der Waals surface area contributed by atoms with Gasteiger partial charge in [0.1, 0.15) is 17.8 Å². The van der Waals surface area contributed by atoms with Crippen LogP contribution in [-0.4, -0.2) is 72.0 Å². The number of methoxy groups -OCH3 is 1. The van der Waals surface area contributed by atoms with Crippen LogP contribution in [0.15, 0.2) is 54.0 Å². The molecule has 11 nitrogen and oxygen atoms in total. The van der Waals surface area contributed by atoms with Crippen molar-refractivity contribution in [1.82, 2.24) is 20.5 Å². The van der Waals surface area contributed by atoms with Crippen LogP contribution in [0.3, 0.4) is 0 Å². The molecule has 1 aliphatic rings. The number of carbonyl (C=O) groups excluding carboxylic acids is 4. The van der Waals surface area contributed by atoms with E-state index in [4.69, 9.17) is 14.2 Å². The topological polar surface area (TPSA) is 136 Å². The summed E-state index contributed by atoms with van der Waals surface area (Å²) in [5.74, 6) is -0.340. The van der Waals surface area contributed by atoms with E-state index >= 15 is 0 Å². The van der Waals surface area contributed by atoms with Gasteiger partial charge in [0.25, 0.3) is 0 Å². The number of rotatable bonds is 17. The summed E-state index contributed by atoms with van der Waals surface area (Å²) in [7, 11) is 1.61. The van der Waals surface area contributed by atoms with Crippen LogP contribution >= 0.6 is 11.3 Å². The van der Waals surface area contributed by atoms with Crippen LogP contribution in [0.2, 0.25) is 0 Å². The fourth-order valence-electron chi connectivity index (χ4n) is 6.02. The molecule has 4 rings (SSSR count). The van der Waals surface area contributed by atoms with E-state index in [9.17, 15) is 19.2 Å². The summed E-state index contributed by atoms with van der Waals surface area (Å²) in [5.41, 5.74) is 5.12. The molecular weight excluding hydrogens is 669 g/mol. The van der Waals surface area contributed by atoms with Crippen molar-refractivity contribution in [3.63, 3.8) is 0 Å². The Labute approximate surface area is 305 Å². The number of hydrogen-bond donors (Lipinski definition) is 2. The summed E-state index contributed by atoms with van der Waals surface area (Å²) in [4.78, 5) is 59.8. The van der Waals surface area contributed by atoms with Gasteiger partial charge in [-0.05, 0) is 60.9 Å². The third-order valence-electron chi connectivity index (χ3n) is 8.93. The number of nitrogens with zero attached hydrogens (tertiary/aromatic N) is 2. The average Bonchev–Trinajstić information content (AvgIpc) is 3.74. The third kappa shape index (κ3) is 11.6. The number of likely N-dealkylation sites (tertiary alicyclic amines) is 1. The summed E-state index contributed by atoms with van der Waals surface area (Å²) in [6.45, 7) is 10.6. The van der Waals surface area contributed by atoms with Crippen LogP contribution in [-0.2, 0) is 41.8 Å². The lowest BCUT2D eigenvalue weighted by Gasteiger charge is -2.35. The van der Waals surface area contributed by atoms with E-state index in [0.717, 1.165) is 33.0 Å². The fraction of sp³-hybridized carbons (Fsp3) is 0.513. The first-order chi connectivity index (χ1) is 24.4. The smallest absolute Gasteiger partial charge is 0.305 e. The van der Waals surface area contributed by atoms with Gasteiger partial charge in [0, 0.05) is 32.4 Å². The van der Waals surface area contributed by atoms with E-state index < -0.39 is 17.5 Å². The van der Waals surface area contributed by atoms with Gasteiger partial charge in [-0.15, -0.1) is 11.3 Å². The molecular formula is C39H52N4O7S. The first-order valence-electron chi connectivity index (χ1n) is 17.7. The molecule has 1 saturated heterocycles. The zero-order valence-corrected chi connectivity index (χ0v) is 31.5. The first kappa shape index (κ1) is 39.5. The SMILES string of the molecule is CCOC(=O)CCCCCC(=O)N[C@H](C(=O)N1C[C@H](OCc2ccc(OC)cc2)C[C@H]1C(=O)NCc1ccc(-c2scnc2C)cc1)C(C)(C)C. The van der Waals surface area contributed by atoms with E-state index in [1.165, 1.54) is 0 Å². The van der Waals surface area contributed by atoms with E-state index in [1.807, 2.05) is 81.7 Å². The van der Waals surface area contributed by atoms with Crippen molar-refractivity contribution in [2.24, 2.45) is 5.41 Å². The average molecular weight is 721 g/mol. The van der Waals surface area contributed by atoms with Gasteiger partial charge >= 0.3 is 5.97 Å². The maximum Gasteiger partial charge on any atom is 0.305 e. The maximum absolute atomic E-state index is 14.3. The molecule has 0 spiro atoms. The van der Waals surface area contributed by atoms with Crippen molar-refractivity contribution in [1.29, 1.82) is 0 Å². The highest BCUT2D eigenvalue weighted by Gasteiger charge is 2.45. The van der Waals surface area contributed by atoms with Crippen LogP contribution in [0.25, 0.3) is 10.4 Å². The molecule has 1 fully saturated rings. The molecule has 3 aromatic rings.